The van der Waals surface area contributed by atoms with Crippen molar-refractivity contribution in [2.75, 3.05) is 0 Å². The van der Waals surface area contributed by atoms with Gasteiger partial charge < -0.3 is 14.4 Å². The summed E-state index contributed by atoms with van der Waals surface area (Å²) in [6.45, 7) is 13.6. The van der Waals surface area contributed by atoms with Crippen molar-refractivity contribution in [3.8, 4) is 0 Å². The lowest BCUT2D eigenvalue weighted by molar-refractivity contribution is 0.00578. The Labute approximate surface area is 93.3 Å². The molecule has 1 aliphatic heterocycles. The van der Waals surface area contributed by atoms with Gasteiger partial charge in [0.15, 0.2) is 0 Å². The average Bonchev–Trinajstić information content (AvgIpc) is 2.21. The van der Waals surface area contributed by atoms with Crippen molar-refractivity contribution in [1.29, 1.82) is 0 Å². The van der Waals surface area contributed by atoms with E-state index >= 15 is 0 Å². The van der Waals surface area contributed by atoms with Crippen LogP contribution in [0.4, 0.5) is 0 Å². The molecule has 1 unspecified atom stereocenters. The fraction of sp³-hybridized carbons (Fsp3) is 1.00. The zero-order chi connectivity index (χ0) is 12.1. The van der Waals surface area contributed by atoms with Crippen LogP contribution in [0.5, 0.6) is 0 Å². The van der Waals surface area contributed by atoms with E-state index in [-0.39, 0.29) is 17.1 Å². The summed E-state index contributed by atoms with van der Waals surface area (Å²) in [5.74, 6) is 0.0900. The van der Waals surface area contributed by atoms with Gasteiger partial charge in [0.1, 0.15) is 0 Å². The minimum Gasteiger partial charge on any atom is -0.401 e. The molecule has 0 aromatic heterocycles. The third-order valence-electron chi connectivity index (χ3n) is 3.90. The number of hydrogen-bond donors (Lipinski definition) is 1. The lowest BCUT2D eigenvalue weighted by Gasteiger charge is -2.32. The van der Waals surface area contributed by atoms with Crippen molar-refractivity contribution < 1.29 is 14.4 Å². The zero-order valence-electron chi connectivity index (χ0n) is 10.9. The van der Waals surface area contributed by atoms with Crippen molar-refractivity contribution in [3.05, 3.63) is 0 Å². The highest BCUT2D eigenvalue weighted by atomic mass is 16.7. The Morgan fingerprint density at radius 1 is 1.07 bits per heavy atom. The molecule has 1 atom stereocenters. The van der Waals surface area contributed by atoms with E-state index in [9.17, 15) is 5.11 Å². The quantitative estimate of drug-likeness (QED) is 0.714. The molecule has 0 aromatic carbocycles. The molecular formula is C11H23BO3. The van der Waals surface area contributed by atoms with Crippen LogP contribution in [-0.4, -0.2) is 28.9 Å². The van der Waals surface area contributed by atoms with E-state index in [0.717, 1.165) is 0 Å². The predicted octanol–water partition coefficient (Wildman–Crippen LogP) is 2.02. The van der Waals surface area contributed by atoms with Gasteiger partial charge in [-0.15, -0.1) is 0 Å². The van der Waals surface area contributed by atoms with Gasteiger partial charge in [0, 0.05) is 0 Å². The fourth-order valence-corrected chi connectivity index (χ4v) is 1.35. The van der Waals surface area contributed by atoms with Gasteiger partial charge in [-0.2, -0.15) is 0 Å². The first-order valence-corrected chi connectivity index (χ1v) is 5.59. The molecular weight excluding hydrogens is 191 g/mol. The van der Waals surface area contributed by atoms with Crippen LogP contribution in [0.25, 0.3) is 0 Å². The molecule has 1 N–H and O–H groups in total. The molecule has 1 fully saturated rings. The average molecular weight is 214 g/mol. The summed E-state index contributed by atoms with van der Waals surface area (Å²) < 4.78 is 11.6. The van der Waals surface area contributed by atoms with Gasteiger partial charge in [0.25, 0.3) is 0 Å². The van der Waals surface area contributed by atoms with Crippen molar-refractivity contribution in [2.24, 2.45) is 5.92 Å². The molecule has 3 nitrogen and oxygen atoms in total. The molecule has 0 saturated carbocycles. The summed E-state index contributed by atoms with van der Waals surface area (Å²) in [5, 5.41) is 10.3. The molecule has 0 aromatic rings. The minimum absolute atomic E-state index is 0.0900. The molecule has 1 rings (SSSR count). The number of hydrogen-bond acceptors (Lipinski definition) is 3. The Morgan fingerprint density at radius 2 is 1.40 bits per heavy atom. The van der Waals surface area contributed by atoms with E-state index in [1.54, 1.807) is 6.92 Å². The Kier molecular flexibility index (Phi) is 3.01. The summed E-state index contributed by atoms with van der Waals surface area (Å²) >= 11 is 0. The molecule has 0 amide bonds. The highest BCUT2D eigenvalue weighted by Crippen LogP contribution is 2.40. The molecule has 0 bridgehead atoms. The third kappa shape index (κ3) is 2.08. The SMILES string of the molecule is CC(C)C(C)(O)B1OC(C)(C)C(C)(C)O1. The molecule has 1 saturated heterocycles. The summed E-state index contributed by atoms with van der Waals surface area (Å²) in [7, 11) is -0.553. The maximum Gasteiger partial charge on any atom is 0.491 e. The van der Waals surface area contributed by atoms with Gasteiger partial charge >= 0.3 is 7.12 Å². The molecule has 0 radical (unpaired) electrons. The van der Waals surface area contributed by atoms with E-state index in [1.165, 1.54) is 0 Å². The van der Waals surface area contributed by atoms with Gasteiger partial charge in [-0.05, 0) is 40.5 Å². The summed E-state index contributed by atoms with van der Waals surface area (Å²) in [4.78, 5) is 0. The van der Waals surface area contributed by atoms with Gasteiger partial charge in [0.2, 0.25) is 0 Å². The van der Waals surface area contributed by atoms with Gasteiger partial charge in [-0.1, -0.05) is 13.8 Å². The summed E-state index contributed by atoms with van der Waals surface area (Å²) in [6, 6.07) is 0. The lowest BCUT2D eigenvalue weighted by atomic mass is 9.62. The zero-order valence-corrected chi connectivity index (χ0v) is 10.9. The fourth-order valence-electron chi connectivity index (χ4n) is 1.35. The van der Waals surface area contributed by atoms with Crippen LogP contribution in [0.1, 0.15) is 48.5 Å². The minimum atomic E-state index is -0.953. The highest BCUT2D eigenvalue weighted by molar-refractivity contribution is 6.49. The molecule has 88 valence electrons. The van der Waals surface area contributed by atoms with Crippen LogP contribution in [0.3, 0.4) is 0 Å². The Balaban J connectivity index is 2.88. The van der Waals surface area contributed by atoms with Crippen LogP contribution >= 0.6 is 0 Å². The van der Waals surface area contributed by atoms with Crippen LogP contribution in [0, 0.1) is 5.92 Å². The largest absolute Gasteiger partial charge is 0.491 e. The van der Waals surface area contributed by atoms with Crippen molar-refractivity contribution in [3.63, 3.8) is 0 Å². The van der Waals surface area contributed by atoms with E-state index in [2.05, 4.69) is 0 Å². The number of rotatable bonds is 2. The molecule has 0 spiro atoms. The first-order chi connectivity index (χ1) is 6.51. The van der Waals surface area contributed by atoms with Crippen molar-refractivity contribution in [1.82, 2.24) is 0 Å². The monoisotopic (exact) mass is 214 g/mol. The third-order valence-corrected chi connectivity index (χ3v) is 3.90. The molecule has 15 heavy (non-hydrogen) atoms. The Morgan fingerprint density at radius 3 is 1.67 bits per heavy atom. The second-order valence-electron chi connectivity index (χ2n) is 5.97. The predicted molar refractivity (Wildman–Crippen MR) is 61.5 cm³/mol. The van der Waals surface area contributed by atoms with Crippen molar-refractivity contribution in [2.45, 2.75) is 65.2 Å². The van der Waals surface area contributed by atoms with Crippen LogP contribution < -0.4 is 0 Å². The molecule has 4 heteroatoms. The molecule has 0 aliphatic carbocycles. The van der Waals surface area contributed by atoms with Gasteiger partial charge in [0.05, 0.1) is 16.7 Å². The molecule has 1 heterocycles. The molecule has 1 aliphatic rings. The normalized spacial score (nSPS) is 28.2. The number of aliphatic hydroxyl groups is 1. The van der Waals surface area contributed by atoms with E-state index in [0.29, 0.717) is 0 Å². The van der Waals surface area contributed by atoms with E-state index < -0.39 is 12.6 Å². The second kappa shape index (κ2) is 3.47. The van der Waals surface area contributed by atoms with Crippen molar-refractivity contribution >= 4 is 7.12 Å². The Hall–Kier alpha value is -0.0551. The second-order valence-corrected chi connectivity index (χ2v) is 5.97. The summed E-state index contributed by atoms with van der Waals surface area (Å²) in [6.07, 6.45) is 0. The van der Waals surface area contributed by atoms with E-state index in [1.807, 2.05) is 41.5 Å². The first-order valence-electron chi connectivity index (χ1n) is 5.59. The maximum absolute atomic E-state index is 10.3. The standard InChI is InChI=1S/C11H23BO3/c1-8(2)11(7,13)12-14-9(3,4)10(5,6)15-12/h8,13H,1-7H3. The smallest absolute Gasteiger partial charge is 0.401 e. The maximum atomic E-state index is 10.3. The Bertz CT molecular complexity index is 230. The van der Waals surface area contributed by atoms with Crippen LogP contribution in [-0.2, 0) is 9.31 Å². The highest BCUT2D eigenvalue weighted by Gasteiger charge is 2.58. The topological polar surface area (TPSA) is 38.7 Å². The van der Waals surface area contributed by atoms with Gasteiger partial charge in [-0.25, -0.2) is 0 Å². The van der Waals surface area contributed by atoms with E-state index in [4.69, 9.17) is 9.31 Å². The van der Waals surface area contributed by atoms with Crippen LogP contribution in [0.15, 0.2) is 0 Å². The van der Waals surface area contributed by atoms with Gasteiger partial charge in [-0.3, -0.25) is 0 Å². The summed E-state index contributed by atoms with van der Waals surface area (Å²) in [5.41, 5.74) is -1.71. The van der Waals surface area contributed by atoms with Crippen LogP contribution in [0.2, 0.25) is 0 Å². The first kappa shape index (κ1) is 13.0. The lowest BCUT2D eigenvalue weighted by Crippen LogP contribution is -2.49.